The standard InChI is InChI=1S/C12H14N2O2/c1-9(13)11-4-2-3-5-12(11)15-8-10-6-7-16-14-10/h2-7,9H,8,13H2,1H3. The van der Waals surface area contributed by atoms with Gasteiger partial charge in [-0.3, -0.25) is 0 Å². The number of benzene rings is 1. The average molecular weight is 218 g/mol. The summed E-state index contributed by atoms with van der Waals surface area (Å²) in [5, 5.41) is 3.77. The lowest BCUT2D eigenvalue weighted by Crippen LogP contribution is -2.08. The Hall–Kier alpha value is -1.81. The second kappa shape index (κ2) is 4.81. The largest absolute Gasteiger partial charge is 0.487 e. The predicted octanol–water partition coefficient (Wildman–Crippen LogP) is 2.27. The molecule has 2 rings (SSSR count). The Balaban J connectivity index is 2.09. The zero-order chi connectivity index (χ0) is 11.4. The summed E-state index contributed by atoms with van der Waals surface area (Å²) in [5.74, 6) is 0.792. The van der Waals surface area contributed by atoms with Crippen LogP contribution in [0.15, 0.2) is 41.1 Å². The van der Waals surface area contributed by atoms with Crippen molar-refractivity contribution in [1.29, 1.82) is 0 Å². The molecule has 0 fully saturated rings. The van der Waals surface area contributed by atoms with Crippen LogP contribution in [-0.2, 0) is 6.61 Å². The van der Waals surface area contributed by atoms with Crippen LogP contribution in [-0.4, -0.2) is 5.16 Å². The van der Waals surface area contributed by atoms with E-state index in [2.05, 4.69) is 5.16 Å². The number of para-hydroxylation sites is 1. The van der Waals surface area contributed by atoms with Gasteiger partial charge in [0.15, 0.2) is 0 Å². The molecule has 0 amide bonds. The highest BCUT2D eigenvalue weighted by atomic mass is 16.5. The number of aromatic nitrogens is 1. The zero-order valence-electron chi connectivity index (χ0n) is 9.09. The second-order valence-electron chi connectivity index (χ2n) is 3.61. The van der Waals surface area contributed by atoms with Crippen LogP contribution >= 0.6 is 0 Å². The lowest BCUT2D eigenvalue weighted by atomic mass is 10.1. The number of rotatable bonds is 4. The first-order valence-corrected chi connectivity index (χ1v) is 5.14. The van der Waals surface area contributed by atoms with Crippen LogP contribution in [0, 0.1) is 0 Å². The topological polar surface area (TPSA) is 61.3 Å². The van der Waals surface area contributed by atoms with Crippen LogP contribution in [0.4, 0.5) is 0 Å². The number of hydrogen-bond donors (Lipinski definition) is 1. The molecule has 0 saturated carbocycles. The molecule has 0 radical (unpaired) electrons. The van der Waals surface area contributed by atoms with E-state index < -0.39 is 0 Å². The van der Waals surface area contributed by atoms with E-state index in [0.717, 1.165) is 17.0 Å². The van der Waals surface area contributed by atoms with Gasteiger partial charge in [0.25, 0.3) is 0 Å². The fourth-order valence-corrected chi connectivity index (χ4v) is 1.45. The first kappa shape index (κ1) is 10.7. The Kier molecular flexibility index (Phi) is 3.22. The molecule has 0 bridgehead atoms. The Morgan fingerprint density at radius 1 is 1.38 bits per heavy atom. The van der Waals surface area contributed by atoms with Gasteiger partial charge >= 0.3 is 0 Å². The fraction of sp³-hybridized carbons (Fsp3) is 0.250. The molecule has 84 valence electrons. The quantitative estimate of drug-likeness (QED) is 0.855. The number of nitrogens with zero attached hydrogens (tertiary/aromatic N) is 1. The summed E-state index contributed by atoms with van der Waals surface area (Å²) in [6.45, 7) is 2.32. The van der Waals surface area contributed by atoms with E-state index >= 15 is 0 Å². The SMILES string of the molecule is CC(N)c1ccccc1OCc1ccon1. The molecule has 2 aromatic rings. The lowest BCUT2D eigenvalue weighted by molar-refractivity contribution is 0.285. The van der Waals surface area contributed by atoms with E-state index in [9.17, 15) is 0 Å². The molecule has 0 aliphatic rings. The van der Waals surface area contributed by atoms with Gasteiger partial charge in [-0.2, -0.15) is 0 Å². The van der Waals surface area contributed by atoms with Gasteiger partial charge in [0.05, 0.1) is 0 Å². The van der Waals surface area contributed by atoms with Crippen LogP contribution < -0.4 is 10.5 Å². The average Bonchev–Trinajstić information content (AvgIpc) is 2.79. The van der Waals surface area contributed by atoms with Gasteiger partial charge in [-0.1, -0.05) is 23.4 Å². The molecule has 1 heterocycles. The van der Waals surface area contributed by atoms with E-state index in [1.165, 1.54) is 6.26 Å². The minimum atomic E-state index is -0.0477. The molecule has 1 aromatic heterocycles. The maximum atomic E-state index is 5.85. The van der Waals surface area contributed by atoms with Crippen molar-refractivity contribution in [2.75, 3.05) is 0 Å². The maximum Gasteiger partial charge on any atom is 0.134 e. The smallest absolute Gasteiger partial charge is 0.134 e. The zero-order valence-corrected chi connectivity index (χ0v) is 9.09. The van der Waals surface area contributed by atoms with Crippen LogP contribution in [0.3, 0.4) is 0 Å². The van der Waals surface area contributed by atoms with Crippen molar-refractivity contribution in [3.63, 3.8) is 0 Å². The molecule has 0 spiro atoms. The van der Waals surface area contributed by atoms with E-state index in [4.69, 9.17) is 15.0 Å². The third-order valence-corrected chi connectivity index (χ3v) is 2.28. The molecule has 0 saturated heterocycles. The first-order chi connectivity index (χ1) is 7.77. The van der Waals surface area contributed by atoms with Crippen molar-refractivity contribution in [2.24, 2.45) is 5.73 Å². The number of hydrogen-bond acceptors (Lipinski definition) is 4. The van der Waals surface area contributed by atoms with Crippen LogP contribution in [0.1, 0.15) is 24.2 Å². The fourth-order valence-electron chi connectivity index (χ4n) is 1.45. The van der Waals surface area contributed by atoms with Crippen molar-refractivity contribution < 1.29 is 9.26 Å². The maximum absolute atomic E-state index is 5.85. The van der Waals surface area contributed by atoms with Crippen molar-refractivity contribution in [2.45, 2.75) is 19.6 Å². The molecule has 1 atom stereocenters. The monoisotopic (exact) mass is 218 g/mol. The summed E-state index contributed by atoms with van der Waals surface area (Å²) in [5.41, 5.74) is 7.60. The van der Waals surface area contributed by atoms with E-state index in [0.29, 0.717) is 6.61 Å². The minimum Gasteiger partial charge on any atom is -0.487 e. The molecule has 16 heavy (non-hydrogen) atoms. The summed E-state index contributed by atoms with van der Waals surface area (Å²) < 4.78 is 10.4. The molecule has 4 heteroatoms. The summed E-state index contributed by atoms with van der Waals surface area (Å²) in [6.07, 6.45) is 1.52. The molecule has 2 N–H and O–H groups in total. The number of nitrogens with two attached hydrogens (primary N) is 1. The predicted molar refractivity (Wildman–Crippen MR) is 59.9 cm³/mol. The first-order valence-electron chi connectivity index (χ1n) is 5.14. The van der Waals surface area contributed by atoms with Gasteiger partial charge in [0.1, 0.15) is 24.3 Å². The highest BCUT2D eigenvalue weighted by molar-refractivity contribution is 5.35. The molecule has 0 aliphatic carbocycles. The minimum absolute atomic E-state index is 0.0477. The Morgan fingerprint density at radius 3 is 2.88 bits per heavy atom. The normalized spacial score (nSPS) is 12.4. The van der Waals surface area contributed by atoms with Gasteiger partial charge in [-0.05, 0) is 13.0 Å². The lowest BCUT2D eigenvalue weighted by Gasteiger charge is -2.12. The van der Waals surface area contributed by atoms with Crippen molar-refractivity contribution in [1.82, 2.24) is 5.16 Å². The van der Waals surface area contributed by atoms with E-state index in [-0.39, 0.29) is 6.04 Å². The summed E-state index contributed by atoms with van der Waals surface area (Å²) >= 11 is 0. The van der Waals surface area contributed by atoms with Crippen molar-refractivity contribution >= 4 is 0 Å². The van der Waals surface area contributed by atoms with Crippen LogP contribution in [0.2, 0.25) is 0 Å². The Morgan fingerprint density at radius 2 is 2.19 bits per heavy atom. The molecular formula is C12H14N2O2. The highest BCUT2D eigenvalue weighted by Crippen LogP contribution is 2.23. The summed E-state index contributed by atoms with van der Waals surface area (Å²) in [4.78, 5) is 0. The van der Waals surface area contributed by atoms with Gasteiger partial charge in [-0.25, -0.2) is 0 Å². The van der Waals surface area contributed by atoms with Crippen molar-refractivity contribution in [3.05, 3.63) is 47.9 Å². The summed E-state index contributed by atoms with van der Waals surface area (Å²) in [7, 11) is 0. The third kappa shape index (κ3) is 2.41. The van der Waals surface area contributed by atoms with Crippen LogP contribution in [0.25, 0.3) is 0 Å². The Labute approximate surface area is 94.0 Å². The molecule has 4 nitrogen and oxygen atoms in total. The molecular weight excluding hydrogens is 204 g/mol. The number of ether oxygens (including phenoxy) is 1. The van der Waals surface area contributed by atoms with E-state index in [1.807, 2.05) is 31.2 Å². The highest BCUT2D eigenvalue weighted by Gasteiger charge is 2.07. The summed E-state index contributed by atoms with van der Waals surface area (Å²) in [6, 6.07) is 9.45. The van der Waals surface area contributed by atoms with Gasteiger partial charge in [0, 0.05) is 17.7 Å². The third-order valence-electron chi connectivity index (χ3n) is 2.28. The second-order valence-corrected chi connectivity index (χ2v) is 3.61. The van der Waals surface area contributed by atoms with Gasteiger partial charge in [-0.15, -0.1) is 0 Å². The van der Waals surface area contributed by atoms with Gasteiger partial charge < -0.3 is 15.0 Å². The molecule has 1 unspecified atom stereocenters. The van der Waals surface area contributed by atoms with Gasteiger partial charge in [0.2, 0.25) is 0 Å². The molecule has 1 aromatic carbocycles. The molecule has 0 aliphatic heterocycles. The van der Waals surface area contributed by atoms with Crippen molar-refractivity contribution in [3.8, 4) is 5.75 Å². The van der Waals surface area contributed by atoms with E-state index in [1.54, 1.807) is 6.07 Å². The van der Waals surface area contributed by atoms with Crippen LogP contribution in [0.5, 0.6) is 5.75 Å². The Bertz CT molecular complexity index is 438.